The number of nitrogens with zero attached hydrogens (tertiary/aromatic N) is 4. The van der Waals surface area contributed by atoms with Gasteiger partial charge < -0.3 is 25.3 Å². The molecule has 4 aromatic rings. The smallest absolute Gasteiger partial charge is 0.409 e. The molecule has 0 bridgehead atoms. The topological polar surface area (TPSA) is 128 Å². The molecule has 0 spiro atoms. The number of aromatic hydroxyl groups is 2. The average Bonchev–Trinajstić information content (AvgIpc) is 3.23. The van der Waals surface area contributed by atoms with E-state index in [1.165, 1.54) is 10.6 Å². The Hall–Kier alpha value is -4.01. The second-order valence-electron chi connectivity index (χ2n) is 7.31. The molecule has 1 amide bonds. The van der Waals surface area contributed by atoms with E-state index in [0.29, 0.717) is 16.8 Å². The van der Waals surface area contributed by atoms with Crippen molar-refractivity contribution < 1.29 is 19.7 Å². The zero-order valence-corrected chi connectivity index (χ0v) is 16.7. The van der Waals surface area contributed by atoms with Crippen molar-refractivity contribution in [1.29, 1.82) is 0 Å². The lowest BCUT2D eigenvalue weighted by Crippen LogP contribution is -2.17. The van der Waals surface area contributed by atoms with Crippen molar-refractivity contribution in [3.63, 3.8) is 0 Å². The van der Waals surface area contributed by atoms with Gasteiger partial charge in [0.2, 0.25) is 0 Å². The van der Waals surface area contributed by atoms with Crippen LogP contribution in [0.5, 0.6) is 17.5 Å². The summed E-state index contributed by atoms with van der Waals surface area (Å²) in [6.45, 7) is 3.82. The number of nitrogens with two attached hydrogens (primary N) is 1. The Balaban J connectivity index is 1.89. The number of carbonyl (C=O) groups excluding carboxylic acids is 1. The number of aryl methyl sites for hydroxylation is 1. The SMILES string of the molecule is CC(C)c1cc(-c2nnc(O)n2-c2ccc3c(ccn3C)c2)c(O)cc1OC(N)=O. The quantitative estimate of drug-likeness (QED) is 0.475. The first-order valence-electron chi connectivity index (χ1n) is 9.30. The van der Waals surface area contributed by atoms with Crippen LogP contribution in [0.3, 0.4) is 0 Å². The van der Waals surface area contributed by atoms with Crippen molar-refractivity contribution in [2.24, 2.45) is 12.8 Å². The van der Waals surface area contributed by atoms with E-state index < -0.39 is 6.09 Å². The zero-order valence-electron chi connectivity index (χ0n) is 16.7. The van der Waals surface area contributed by atoms with Crippen LogP contribution in [0.25, 0.3) is 28.0 Å². The maximum Gasteiger partial charge on any atom is 0.409 e. The van der Waals surface area contributed by atoms with Crippen LogP contribution in [-0.4, -0.2) is 35.6 Å². The number of benzene rings is 2. The van der Waals surface area contributed by atoms with E-state index in [0.717, 1.165) is 10.9 Å². The first-order chi connectivity index (χ1) is 14.3. The molecule has 154 valence electrons. The monoisotopic (exact) mass is 407 g/mol. The Morgan fingerprint density at radius 2 is 1.90 bits per heavy atom. The van der Waals surface area contributed by atoms with Gasteiger partial charge in [0.05, 0.1) is 11.3 Å². The molecule has 4 rings (SSSR count). The summed E-state index contributed by atoms with van der Waals surface area (Å²) in [5, 5.41) is 29.8. The predicted octanol–water partition coefficient (Wildman–Crippen LogP) is 3.42. The summed E-state index contributed by atoms with van der Waals surface area (Å²) < 4.78 is 8.47. The van der Waals surface area contributed by atoms with Gasteiger partial charge in [-0.15, -0.1) is 5.10 Å². The van der Waals surface area contributed by atoms with Crippen LogP contribution in [0.1, 0.15) is 25.3 Å². The molecule has 4 N–H and O–H groups in total. The van der Waals surface area contributed by atoms with Crippen molar-refractivity contribution in [3.8, 4) is 34.6 Å². The number of primary amides is 1. The fourth-order valence-corrected chi connectivity index (χ4v) is 3.51. The third-order valence-electron chi connectivity index (χ3n) is 4.97. The number of amides is 1. The molecule has 0 saturated heterocycles. The van der Waals surface area contributed by atoms with Crippen molar-refractivity contribution in [1.82, 2.24) is 19.3 Å². The van der Waals surface area contributed by atoms with Crippen LogP contribution in [0.4, 0.5) is 4.79 Å². The Morgan fingerprint density at radius 3 is 2.60 bits per heavy atom. The highest BCUT2D eigenvalue weighted by Crippen LogP contribution is 2.39. The van der Waals surface area contributed by atoms with Crippen molar-refractivity contribution >= 4 is 17.0 Å². The summed E-state index contributed by atoms with van der Waals surface area (Å²) in [4.78, 5) is 11.2. The van der Waals surface area contributed by atoms with Crippen LogP contribution in [0.15, 0.2) is 42.6 Å². The molecule has 0 fully saturated rings. The first kappa shape index (κ1) is 19.3. The molecule has 0 aliphatic heterocycles. The molecule has 30 heavy (non-hydrogen) atoms. The number of rotatable bonds is 4. The summed E-state index contributed by atoms with van der Waals surface area (Å²) in [7, 11) is 1.95. The molecule has 9 nitrogen and oxygen atoms in total. The lowest BCUT2D eigenvalue weighted by atomic mass is 9.98. The second kappa shape index (κ2) is 7.11. The Labute approximate surface area is 172 Å². The van der Waals surface area contributed by atoms with Crippen molar-refractivity contribution in [2.45, 2.75) is 19.8 Å². The number of phenols is 1. The van der Waals surface area contributed by atoms with Gasteiger partial charge in [-0.25, -0.2) is 9.36 Å². The van der Waals surface area contributed by atoms with E-state index in [4.69, 9.17) is 10.5 Å². The standard InChI is InChI=1S/C21H21N5O4/c1-11(2)14-9-15(17(27)10-18(14)30-20(22)28)19-23-24-21(29)26(19)13-4-5-16-12(8-13)6-7-25(16)3/h4-11,27H,1-3H3,(H2,22,28)(H,24,29). The molecule has 0 saturated carbocycles. The lowest BCUT2D eigenvalue weighted by Gasteiger charge is -2.16. The molecule has 9 heteroatoms. The van der Waals surface area contributed by atoms with E-state index in [9.17, 15) is 15.0 Å². The summed E-state index contributed by atoms with van der Waals surface area (Å²) in [6, 6.07) is 10.3. The molecule has 0 unspecified atom stereocenters. The maximum absolute atomic E-state index is 11.2. The van der Waals surface area contributed by atoms with Crippen LogP contribution in [-0.2, 0) is 7.05 Å². The third-order valence-corrected chi connectivity index (χ3v) is 4.97. The number of aromatic nitrogens is 4. The molecular formula is C21H21N5O4. The third kappa shape index (κ3) is 3.20. The van der Waals surface area contributed by atoms with Gasteiger partial charge in [0, 0.05) is 30.2 Å². The van der Waals surface area contributed by atoms with Crippen LogP contribution in [0.2, 0.25) is 0 Å². The number of ether oxygens (including phenoxy) is 1. The summed E-state index contributed by atoms with van der Waals surface area (Å²) in [5.74, 6) is 0.182. The minimum atomic E-state index is -0.971. The number of carbonyl (C=O) groups is 1. The molecule has 0 radical (unpaired) electrons. The molecule has 0 aliphatic carbocycles. The average molecular weight is 407 g/mol. The van der Waals surface area contributed by atoms with Crippen LogP contribution >= 0.6 is 0 Å². The zero-order chi connectivity index (χ0) is 21.6. The normalized spacial score (nSPS) is 11.3. The lowest BCUT2D eigenvalue weighted by molar-refractivity contribution is 0.210. The minimum Gasteiger partial charge on any atom is -0.507 e. The van der Waals surface area contributed by atoms with Gasteiger partial charge in [0.1, 0.15) is 11.5 Å². The van der Waals surface area contributed by atoms with E-state index in [-0.39, 0.29) is 29.3 Å². The van der Waals surface area contributed by atoms with Crippen LogP contribution in [0, 0.1) is 0 Å². The highest BCUT2D eigenvalue weighted by molar-refractivity contribution is 5.83. The molecule has 2 aromatic carbocycles. The number of hydrogen-bond donors (Lipinski definition) is 3. The van der Waals surface area contributed by atoms with E-state index in [1.807, 2.05) is 55.9 Å². The Morgan fingerprint density at radius 1 is 1.13 bits per heavy atom. The molecule has 2 aromatic heterocycles. The summed E-state index contributed by atoms with van der Waals surface area (Å²) >= 11 is 0. The van der Waals surface area contributed by atoms with Crippen LogP contribution < -0.4 is 10.5 Å². The molecular weight excluding hydrogens is 386 g/mol. The largest absolute Gasteiger partial charge is 0.507 e. The molecule has 0 atom stereocenters. The molecule has 2 heterocycles. The van der Waals surface area contributed by atoms with Gasteiger partial charge >= 0.3 is 12.1 Å². The highest BCUT2D eigenvalue weighted by atomic mass is 16.5. The van der Waals surface area contributed by atoms with E-state index >= 15 is 0 Å². The summed E-state index contributed by atoms with van der Waals surface area (Å²) in [5.41, 5.74) is 7.78. The van der Waals surface area contributed by atoms with E-state index in [1.54, 1.807) is 6.07 Å². The highest BCUT2D eigenvalue weighted by Gasteiger charge is 2.22. The van der Waals surface area contributed by atoms with Gasteiger partial charge in [0.25, 0.3) is 0 Å². The van der Waals surface area contributed by atoms with Gasteiger partial charge in [-0.3, -0.25) is 0 Å². The van der Waals surface area contributed by atoms with Crippen molar-refractivity contribution in [2.75, 3.05) is 0 Å². The fourth-order valence-electron chi connectivity index (χ4n) is 3.51. The van der Waals surface area contributed by atoms with Gasteiger partial charge in [-0.05, 0) is 41.8 Å². The first-order valence-corrected chi connectivity index (χ1v) is 9.30. The van der Waals surface area contributed by atoms with Gasteiger partial charge in [-0.2, -0.15) is 0 Å². The fraction of sp³-hybridized carbons (Fsp3) is 0.190. The minimum absolute atomic E-state index is 0.0377. The van der Waals surface area contributed by atoms with Crippen molar-refractivity contribution in [3.05, 3.63) is 48.2 Å². The summed E-state index contributed by atoms with van der Waals surface area (Å²) in [6.07, 6.45) is 0.973. The number of phenolic OH excluding ortho intramolecular Hbond substituents is 1. The molecule has 0 aliphatic rings. The van der Waals surface area contributed by atoms with Gasteiger partial charge in [-0.1, -0.05) is 18.9 Å². The maximum atomic E-state index is 11.2. The number of hydrogen-bond acceptors (Lipinski definition) is 6. The Bertz CT molecular complexity index is 1270. The second-order valence-corrected chi connectivity index (χ2v) is 7.31. The predicted molar refractivity (Wildman–Crippen MR) is 111 cm³/mol. The number of fused-ring (bicyclic) bond motifs is 1. The van der Waals surface area contributed by atoms with Gasteiger partial charge in [0.15, 0.2) is 5.82 Å². The Kier molecular flexibility index (Phi) is 4.57. The van der Waals surface area contributed by atoms with E-state index in [2.05, 4.69) is 10.2 Å².